The van der Waals surface area contributed by atoms with Gasteiger partial charge in [0.25, 0.3) is 0 Å². The standard InChI is InChI=1S/C17H33N5/c1-4-19-12-14-21(16-19)10-6-8-18(3)9-7-11-22-15-13-20(5-2)17-22/h12-15H,4-11,16-17H2,1-3H3. The highest BCUT2D eigenvalue weighted by atomic mass is 15.3. The van der Waals surface area contributed by atoms with E-state index in [2.05, 4.69) is 70.2 Å². The number of hydrogen-bond acceptors (Lipinski definition) is 5. The Balaban J connectivity index is 1.47. The normalized spacial score (nSPS) is 17.6. The molecule has 0 N–H and O–H groups in total. The van der Waals surface area contributed by atoms with Gasteiger partial charge in [-0.25, -0.2) is 0 Å². The summed E-state index contributed by atoms with van der Waals surface area (Å²) in [6.07, 6.45) is 11.3. The van der Waals surface area contributed by atoms with E-state index < -0.39 is 0 Å². The van der Waals surface area contributed by atoms with Gasteiger partial charge in [-0.05, 0) is 46.8 Å². The molecule has 0 fully saturated rings. The van der Waals surface area contributed by atoms with Gasteiger partial charge >= 0.3 is 0 Å². The number of nitrogens with zero attached hydrogens (tertiary/aromatic N) is 5. The molecule has 0 unspecified atom stereocenters. The molecule has 0 aromatic heterocycles. The zero-order chi connectivity index (χ0) is 15.8. The van der Waals surface area contributed by atoms with Crippen molar-refractivity contribution in [2.75, 3.05) is 59.7 Å². The number of rotatable bonds is 10. The van der Waals surface area contributed by atoms with E-state index in [9.17, 15) is 0 Å². The second-order valence-corrected chi connectivity index (χ2v) is 6.32. The first-order chi connectivity index (χ1) is 10.7. The zero-order valence-corrected chi connectivity index (χ0v) is 14.6. The van der Waals surface area contributed by atoms with Crippen LogP contribution in [-0.4, -0.2) is 84.2 Å². The van der Waals surface area contributed by atoms with Crippen LogP contribution in [0, 0.1) is 0 Å². The highest BCUT2D eigenvalue weighted by Gasteiger charge is 2.11. The lowest BCUT2D eigenvalue weighted by atomic mass is 10.3. The van der Waals surface area contributed by atoms with Gasteiger partial charge in [0.2, 0.25) is 0 Å². The van der Waals surface area contributed by atoms with E-state index in [1.54, 1.807) is 0 Å². The first-order valence-electron chi connectivity index (χ1n) is 8.72. The van der Waals surface area contributed by atoms with Crippen LogP contribution in [0.4, 0.5) is 0 Å². The fraction of sp³-hybridized carbons (Fsp3) is 0.765. The highest BCUT2D eigenvalue weighted by Crippen LogP contribution is 2.08. The van der Waals surface area contributed by atoms with Gasteiger partial charge < -0.3 is 24.5 Å². The molecule has 0 radical (unpaired) electrons. The van der Waals surface area contributed by atoms with Crippen LogP contribution in [0.1, 0.15) is 26.7 Å². The largest absolute Gasteiger partial charge is 0.359 e. The van der Waals surface area contributed by atoms with E-state index in [0.29, 0.717) is 0 Å². The summed E-state index contributed by atoms with van der Waals surface area (Å²) < 4.78 is 0. The molecule has 22 heavy (non-hydrogen) atoms. The van der Waals surface area contributed by atoms with Crippen LogP contribution < -0.4 is 0 Å². The maximum atomic E-state index is 2.47. The summed E-state index contributed by atoms with van der Waals surface area (Å²) >= 11 is 0. The summed E-state index contributed by atoms with van der Waals surface area (Å²) in [5.41, 5.74) is 0. The highest BCUT2D eigenvalue weighted by molar-refractivity contribution is 4.90. The molecule has 2 aliphatic heterocycles. The smallest absolute Gasteiger partial charge is 0.0893 e. The van der Waals surface area contributed by atoms with Crippen LogP contribution >= 0.6 is 0 Å². The minimum atomic E-state index is 1.06. The summed E-state index contributed by atoms with van der Waals surface area (Å²) in [7, 11) is 2.25. The van der Waals surface area contributed by atoms with E-state index in [1.165, 1.54) is 25.9 Å². The Morgan fingerprint density at radius 3 is 1.50 bits per heavy atom. The van der Waals surface area contributed by atoms with Crippen molar-refractivity contribution in [1.29, 1.82) is 0 Å². The molecular formula is C17H33N5. The third-order valence-corrected chi connectivity index (χ3v) is 4.49. The Bertz CT molecular complexity index is 334. The summed E-state index contributed by atoms with van der Waals surface area (Å²) in [6, 6.07) is 0. The molecule has 5 heteroatoms. The zero-order valence-electron chi connectivity index (χ0n) is 14.6. The minimum absolute atomic E-state index is 1.06. The van der Waals surface area contributed by atoms with E-state index in [-0.39, 0.29) is 0 Å². The van der Waals surface area contributed by atoms with Crippen LogP contribution in [0.5, 0.6) is 0 Å². The fourth-order valence-electron chi connectivity index (χ4n) is 2.93. The van der Waals surface area contributed by atoms with Gasteiger partial charge in [0.05, 0.1) is 13.3 Å². The average molecular weight is 307 g/mol. The molecule has 0 spiro atoms. The Labute approximate surface area is 136 Å². The van der Waals surface area contributed by atoms with E-state index in [0.717, 1.165) is 39.5 Å². The van der Waals surface area contributed by atoms with Crippen LogP contribution in [0.3, 0.4) is 0 Å². The average Bonchev–Trinajstić information content (AvgIpc) is 3.16. The van der Waals surface area contributed by atoms with Crippen molar-refractivity contribution in [2.45, 2.75) is 26.7 Å². The molecule has 0 amide bonds. The molecule has 0 aromatic carbocycles. The third kappa shape index (κ3) is 5.44. The molecule has 0 aliphatic carbocycles. The van der Waals surface area contributed by atoms with Crippen LogP contribution in [0.15, 0.2) is 24.8 Å². The maximum absolute atomic E-state index is 2.47. The molecule has 0 bridgehead atoms. The van der Waals surface area contributed by atoms with Crippen molar-refractivity contribution >= 4 is 0 Å². The molecule has 0 atom stereocenters. The number of hydrogen-bond donors (Lipinski definition) is 0. The van der Waals surface area contributed by atoms with Crippen molar-refractivity contribution in [3.63, 3.8) is 0 Å². The van der Waals surface area contributed by atoms with Gasteiger partial charge in [-0.3, -0.25) is 0 Å². The van der Waals surface area contributed by atoms with Crippen molar-refractivity contribution in [2.24, 2.45) is 0 Å². The molecule has 5 nitrogen and oxygen atoms in total. The van der Waals surface area contributed by atoms with Gasteiger partial charge in [-0.2, -0.15) is 0 Å². The molecule has 0 saturated heterocycles. The van der Waals surface area contributed by atoms with Gasteiger partial charge in [0.1, 0.15) is 0 Å². The molecule has 2 rings (SSSR count). The van der Waals surface area contributed by atoms with E-state index in [1.807, 2.05) is 0 Å². The monoisotopic (exact) mass is 307 g/mol. The minimum Gasteiger partial charge on any atom is -0.359 e. The summed E-state index contributed by atoms with van der Waals surface area (Å²) in [5.74, 6) is 0. The second kappa shape index (κ2) is 8.93. The predicted octanol–water partition coefficient (Wildman–Crippen LogP) is 1.83. The van der Waals surface area contributed by atoms with Crippen LogP contribution in [0.2, 0.25) is 0 Å². The summed E-state index contributed by atoms with van der Waals surface area (Å²) in [6.45, 7) is 13.5. The Hall–Kier alpha value is -1.36. The molecule has 0 aromatic rings. The SMILES string of the molecule is CCN1C=CN(CCCN(C)CCCN2C=CN(CC)C2)C1. The van der Waals surface area contributed by atoms with Crippen molar-refractivity contribution in [1.82, 2.24) is 24.5 Å². The van der Waals surface area contributed by atoms with Gasteiger partial charge in [0.15, 0.2) is 0 Å². The van der Waals surface area contributed by atoms with Gasteiger partial charge in [-0.15, -0.1) is 0 Å². The van der Waals surface area contributed by atoms with Crippen LogP contribution in [-0.2, 0) is 0 Å². The first-order valence-corrected chi connectivity index (χ1v) is 8.72. The Morgan fingerprint density at radius 2 is 1.14 bits per heavy atom. The van der Waals surface area contributed by atoms with Gasteiger partial charge in [-0.1, -0.05) is 0 Å². The van der Waals surface area contributed by atoms with E-state index >= 15 is 0 Å². The summed E-state index contributed by atoms with van der Waals surface area (Å²) in [5, 5.41) is 0. The second-order valence-electron chi connectivity index (χ2n) is 6.32. The molecular weight excluding hydrogens is 274 g/mol. The van der Waals surface area contributed by atoms with Crippen molar-refractivity contribution in [3.05, 3.63) is 24.8 Å². The van der Waals surface area contributed by atoms with E-state index in [4.69, 9.17) is 0 Å². The first kappa shape index (κ1) is 17.0. The topological polar surface area (TPSA) is 16.2 Å². The summed E-state index contributed by atoms with van der Waals surface area (Å²) in [4.78, 5) is 12.0. The lowest BCUT2D eigenvalue weighted by molar-refractivity contribution is 0.236. The molecule has 126 valence electrons. The molecule has 2 aliphatic rings. The van der Waals surface area contributed by atoms with Crippen molar-refractivity contribution < 1.29 is 0 Å². The third-order valence-electron chi connectivity index (χ3n) is 4.49. The quantitative estimate of drug-likeness (QED) is 0.610. The Morgan fingerprint density at radius 1 is 0.727 bits per heavy atom. The predicted molar refractivity (Wildman–Crippen MR) is 92.9 cm³/mol. The maximum Gasteiger partial charge on any atom is 0.0893 e. The van der Waals surface area contributed by atoms with Gasteiger partial charge in [0, 0.05) is 51.0 Å². The lowest BCUT2D eigenvalue weighted by Gasteiger charge is -2.23. The van der Waals surface area contributed by atoms with Crippen molar-refractivity contribution in [3.8, 4) is 0 Å². The fourth-order valence-corrected chi connectivity index (χ4v) is 2.93. The Kier molecular flexibility index (Phi) is 6.90. The molecule has 2 heterocycles. The molecule has 0 saturated carbocycles. The lowest BCUT2D eigenvalue weighted by Crippen LogP contribution is -2.30. The van der Waals surface area contributed by atoms with Crippen LogP contribution in [0.25, 0.3) is 0 Å².